The van der Waals surface area contributed by atoms with Crippen LogP contribution < -0.4 is 14.2 Å². The maximum atomic E-state index is 15.1. The van der Waals surface area contributed by atoms with Gasteiger partial charge in [-0.1, -0.05) is 36.4 Å². The van der Waals surface area contributed by atoms with Crippen LogP contribution in [-0.4, -0.2) is 19.2 Å². The Labute approximate surface area is 199 Å². The number of nitrogens with zero attached hydrogens (tertiary/aromatic N) is 1. The third kappa shape index (κ3) is 4.43. The molecule has 0 atom stereocenters. The lowest BCUT2D eigenvalue weighted by Crippen LogP contribution is -2.12. The summed E-state index contributed by atoms with van der Waals surface area (Å²) in [5, 5.41) is 0.725. The number of pyridine rings is 1. The van der Waals surface area contributed by atoms with E-state index in [0.717, 1.165) is 36.6 Å². The molecule has 0 unspecified atom stereocenters. The first-order chi connectivity index (χ1) is 16.7. The van der Waals surface area contributed by atoms with E-state index in [4.69, 9.17) is 14.2 Å². The zero-order valence-electron chi connectivity index (χ0n) is 19.5. The van der Waals surface area contributed by atoms with Crippen molar-refractivity contribution in [2.24, 2.45) is 0 Å². The number of hydrogen-bond acceptors (Lipinski definition) is 4. The molecule has 5 rings (SSSR count). The predicted octanol–water partition coefficient (Wildman–Crippen LogP) is 7.62. The molecule has 1 aliphatic carbocycles. The third-order valence-corrected chi connectivity index (χ3v) is 6.85. The van der Waals surface area contributed by atoms with E-state index in [2.05, 4.69) is 35.3 Å². The minimum absolute atomic E-state index is 0.198. The predicted molar refractivity (Wildman–Crippen MR) is 132 cm³/mol. The fraction of sp³-hybridized carbons (Fsp3) is 0.276. The van der Waals surface area contributed by atoms with Crippen LogP contribution in [0.1, 0.15) is 48.6 Å². The summed E-state index contributed by atoms with van der Waals surface area (Å²) in [6.45, 7) is 0. The summed E-state index contributed by atoms with van der Waals surface area (Å²) in [5.74, 6) is 2.48. The van der Waals surface area contributed by atoms with Gasteiger partial charge in [0.2, 0.25) is 0 Å². The van der Waals surface area contributed by atoms with Crippen molar-refractivity contribution >= 4 is 10.9 Å². The highest BCUT2D eigenvalue weighted by Crippen LogP contribution is 2.42. The zero-order chi connectivity index (χ0) is 23.5. The van der Waals surface area contributed by atoms with E-state index in [1.807, 2.05) is 6.07 Å². The Kier molecular flexibility index (Phi) is 6.35. The summed E-state index contributed by atoms with van der Waals surface area (Å²) in [4.78, 5) is 4.38. The molecule has 1 heterocycles. The first kappa shape index (κ1) is 22.2. The van der Waals surface area contributed by atoms with Crippen LogP contribution in [0.3, 0.4) is 0 Å². The lowest BCUT2D eigenvalue weighted by molar-refractivity contribution is 0.355. The first-order valence-corrected chi connectivity index (χ1v) is 11.7. The summed E-state index contributed by atoms with van der Waals surface area (Å²) in [6, 6.07) is 21.4. The molecule has 1 aliphatic rings. The van der Waals surface area contributed by atoms with E-state index in [-0.39, 0.29) is 11.6 Å². The lowest BCUT2D eigenvalue weighted by Gasteiger charge is -2.29. The van der Waals surface area contributed by atoms with Crippen LogP contribution in [0, 0.1) is 5.82 Å². The molecule has 34 heavy (non-hydrogen) atoms. The minimum atomic E-state index is -0.354. The molecular weight excluding hydrogens is 429 g/mol. The van der Waals surface area contributed by atoms with E-state index < -0.39 is 0 Å². The summed E-state index contributed by atoms with van der Waals surface area (Å²) in [7, 11) is 3.15. The lowest BCUT2D eigenvalue weighted by atomic mass is 9.76. The van der Waals surface area contributed by atoms with Crippen molar-refractivity contribution in [3.63, 3.8) is 0 Å². The van der Waals surface area contributed by atoms with Crippen LogP contribution in [0.25, 0.3) is 10.9 Å². The normalized spacial score (nSPS) is 18.0. The second-order valence-corrected chi connectivity index (χ2v) is 8.78. The van der Waals surface area contributed by atoms with Crippen molar-refractivity contribution in [3.8, 4) is 23.0 Å². The van der Waals surface area contributed by atoms with E-state index in [9.17, 15) is 0 Å². The van der Waals surface area contributed by atoms with Crippen LogP contribution >= 0.6 is 0 Å². The van der Waals surface area contributed by atoms with Crippen molar-refractivity contribution in [2.75, 3.05) is 14.2 Å². The molecule has 0 aliphatic heterocycles. The standard InChI is InChI=1S/C29H28FNO3/c1-32-28-17-23-25(18-29(28)33-2)31-15-14-26(23)34-27-13-12-22(16-24(27)30)21-10-8-20(9-11-21)19-6-4-3-5-7-19/h3-7,12-18,20-21H,8-11H2,1-2H3. The van der Waals surface area contributed by atoms with Crippen LogP contribution in [0.4, 0.5) is 4.39 Å². The first-order valence-electron chi connectivity index (χ1n) is 11.7. The molecule has 4 aromatic rings. The molecule has 0 saturated heterocycles. The van der Waals surface area contributed by atoms with Crippen molar-refractivity contribution in [1.29, 1.82) is 0 Å². The number of aromatic nitrogens is 1. The maximum Gasteiger partial charge on any atom is 0.166 e. The van der Waals surface area contributed by atoms with Crippen molar-refractivity contribution in [2.45, 2.75) is 37.5 Å². The van der Waals surface area contributed by atoms with Gasteiger partial charge in [-0.2, -0.15) is 0 Å². The number of ether oxygens (including phenoxy) is 3. The van der Waals surface area contributed by atoms with Gasteiger partial charge >= 0.3 is 0 Å². The highest BCUT2D eigenvalue weighted by molar-refractivity contribution is 5.88. The summed E-state index contributed by atoms with van der Waals surface area (Å²) < 4.78 is 31.9. The monoisotopic (exact) mass is 457 g/mol. The average molecular weight is 458 g/mol. The van der Waals surface area contributed by atoms with Gasteiger partial charge in [-0.15, -0.1) is 0 Å². The Bertz CT molecular complexity index is 1280. The second-order valence-electron chi connectivity index (χ2n) is 8.78. The molecule has 1 aromatic heterocycles. The SMILES string of the molecule is COc1cc2nccc(Oc3ccc(C4CCC(c5ccccc5)CC4)cc3F)c2cc1OC. The molecule has 3 aromatic carbocycles. The largest absolute Gasteiger partial charge is 0.493 e. The van der Waals surface area contributed by atoms with Crippen LogP contribution in [-0.2, 0) is 0 Å². The van der Waals surface area contributed by atoms with E-state index in [0.29, 0.717) is 34.6 Å². The topological polar surface area (TPSA) is 40.6 Å². The molecule has 4 nitrogen and oxygen atoms in total. The smallest absolute Gasteiger partial charge is 0.166 e. The Morgan fingerprint density at radius 1 is 0.706 bits per heavy atom. The number of fused-ring (bicyclic) bond motifs is 1. The maximum absolute atomic E-state index is 15.1. The summed E-state index contributed by atoms with van der Waals surface area (Å²) in [6.07, 6.45) is 6.03. The van der Waals surface area contributed by atoms with Gasteiger partial charge in [-0.3, -0.25) is 4.98 Å². The van der Waals surface area contributed by atoms with Crippen LogP contribution in [0.15, 0.2) is 72.9 Å². The van der Waals surface area contributed by atoms with Crippen LogP contribution in [0.2, 0.25) is 0 Å². The van der Waals surface area contributed by atoms with E-state index in [1.54, 1.807) is 50.7 Å². The Balaban J connectivity index is 1.33. The van der Waals surface area contributed by atoms with Gasteiger partial charge < -0.3 is 14.2 Å². The molecule has 0 N–H and O–H groups in total. The number of rotatable bonds is 6. The quantitative estimate of drug-likeness (QED) is 0.298. The fourth-order valence-electron chi connectivity index (χ4n) is 4.99. The van der Waals surface area contributed by atoms with E-state index in [1.165, 1.54) is 5.56 Å². The Hall–Kier alpha value is -3.60. The summed E-state index contributed by atoms with van der Waals surface area (Å²) in [5.41, 5.74) is 3.14. The molecule has 1 saturated carbocycles. The van der Waals surface area contributed by atoms with Crippen molar-refractivity contribution < 1.29 is 18.6 Å². The molecule has 1 fully saturated rings. The van der Waals surface area contributed by atoms with Gasteiger partial charge in [0.05, 0.1) is 19.7 Å². The van der Waals surface area contributed by atoms with Gasteiger partial charge in [0.25, 0.3) is 0 Å². The fourth-order valence-corrected chi connectivity index (χ4v) is 4.99. The Morgan fingerprint density at radius 3 is 2.06 bits per heavy atom. The van der Waals surface area contributed by atoms with Crippen molar-refractivity contribution in [1.82, 2.24) is 4.98 Å². The van der Waals surface area contributed by atoms with Gasteiger partial charge in [0.1, 0.15) is 5.75 Å². The van der Waals surface area contributed by atoms with Gasteiger partial charge in [-0.05, 0) is 72.9 Å². The van der Waals surface area contributed by atoms with Crippen LogP contribution in [0.5, 0.6) is 23.0 Å². The third-order valence-electron chi connectivity index (χ3n) is 6.85. The van der Waals surface area contributed by atoms with Crippen molar-refractivity contribution in [3.05, 3.63) is 89.9 Å². The minimum Gasteiger partial charge on any atom is -0.493 e. The number of halogens is 1. The molecule has 0 amide bonds. The van der Waals surface area contributed by atoms with Gasteiger partial charge in [0, 0.05) is 17.6 Å². The van der Waals surface area contributed by atoms with Gasteiger partial charge in [0.15, 0.2) is 23.1 Å². The zero-order valence-corrected chi connectivity index (χ0v) is 19.5. The number of hydrogen-bond donors (Lipinski definition) is 0. The number of methoxy groups -OCH3 is 2. The number of benzene rings is 3. The molecule has 0 bridgehead atoms. The van der Waals surface area contributed by atoms with Gasteiger partial charge in [-0.25, -0.2) is 4.39 Å². The highest BCUT2D eigenvalue weighted by atomic mass is 19.1. The average Bonchev–Trinajstić information content (AvgIpc) is 2.89. The molecule has 174 valence electrons. The molecule has 0 radical (unpaired) electrons. The molecule has 5 heteroatoms. The molecular formula is C29H28FNO3. The second kappa shape index (κ2) is 9.72. The van der Waals surface area contributed by atoms with E-state index >= 15 is 4.39 Å². The highest BCUT2D eigenvalue weighted by Gasteiger charge is 2.24. The summed E-state index contributed by atoms with van der Waals surface area (Å²) >= 11 is 0. The Morgan fingerprint density at radius 2 is 1.38 bits per heavy atom. The molecule has 0 spiro atoms.